The summed E-state index contributed by atoms with van der Waals surface area (Å²) >= 11 is 0. The molecule has 0 heterocycles. The molecule has 0 saturated heterocycles. The topological polar surface area (TPSA) is 94.9 Å². The van der Waals surface area contributed by atoms with Crippen molar-refractivity contribution in [3.8, 4) is 5.75 Å². The van der Waals surface area contributed by atoms with Crippen molar-refractivity contribution in [3.05, 3.63) is 53.1 Å². The largest absolute Gasteiger partial charge is 0.508 e. The van der Waals surface area contributed by atoms with Crippen molar-refractivity contribution < 1.29 is 23.4 Å². The van der Waals surface area contributed by atoms with Crippen LogP contribution in [0.3, 0.4) is 0 Å². The van der Waals surface area contributed by atoms with Crippen LogP contribution in [0.5, 0.6) is 5.75 Å². The van der Waals surface area contributed by atoms with Gasteiger partial charge in [0.15, 0.2) is 0 Å². The maximum Gasteiger partial charge on any atom is 0.336 e. The highest BCUT2D eigenvalue weighted by molar-refractivity contribution is 7.92. The molecule has 2 rings (SSSR count). The third kappa shape index (κ3) is 3.07. The van der Waals surface area contributed by atoms with Gasteiger partial charge in [-0.25, -0.2) is 13.2 Å². The average Bonchev–Trinajstić information content (AvgIpc) is 2.49. The second kappa shape index (κ2) is 6.52. The Morgan fingerprint density at radius 2 is 1.67 bits per heavy atom. The number of carboxylic acid groups (broad SMARTS) is 1. The number of benzene rings is 2. The first-order valence-corrected chi connectivity index (χ1v) is 8.79. The Hall–Kier alpha value is -2.54. The number of aryl methyl sites for hydroxylation is 1. The highest BCUT2D eigenvalue weighted by Gasteiger charge is 2.28. The van der Waals surface area contributed by atoms with E-state index in [1.165, 1.54) is 47.6 Å². The molecule has 0 amide bonds. The third-order valence-electron chi connectivity index (χ3n) is 3.83. The van der Waals surface area contributed by atoms with E-state index in [4.69, 9.17) is 0 Å². The molecule has 2 aromatic rings. The molecule has 0 aliphatic heterocycles. The smallest absolute Gasteiger partial charge is 0.336 e. The number of aromatic carboxylic acids is 1. The molecule has 0 radical (unpaired) electrons. The highest BCUT2D eigenvalue weighted by Crippen LogP contribution is 2.29. The molecule has 0 atom stereocenters. The third-order valence-corrected chi connectivity index (χ3v) is 5.88. The number of anilines is 1. The Morgan fingerprint density at radius 3 is 2.17 bits per heavy atom. The fourth-order valence-electron chi connectivity index (χ4n) is 2.67. The van der Waals surface area contributed by atoms with Crippen LogP contribution in [0.1, 0.15) is 28.4 Å². The van der Waals surface area contributed by atoms with Crippen molar-refractivity contribution in [2.75, 3.05) is 10.8 Å². The molecule has 0 saturated carbocycles. The number of phenols is 1. The lowest BCUT2D eigenvalue weighted by Crippen LogP contribution is -2.31. The highest BCUT2D eigenvalue weighted by atomic mass is 32.2. The number of sulfonamides is 1. The molecule has 128 valence electrons. The summed E-state index contributed by atoms with van der Waals surface area (Å²) in [6.45, 7) is 4.98. The molecule has 2 N–H and O–H groups in total. The lowest BCUT2D eigenvalue weighted by molar-refractivity contribution is 0.0695. The number of hydrogen-bond acceptors (Lipinski definition) is 4. The van der Waals surface area contributed by atoms with Gasteiger partial charge < -0.3 is 10.2 Å². The van der Waals surface area contributed by atoms with Crippen molar-refractivity contribution >= 4 is 21.7 Å². The van der Waals surface area contributed by atoms with Crippen molar-refractivity contribution in [1.29, 1.82) is 0 Å². The van der Waals surface area contributed by atoms with Crippen LogP contribution in [0.4, 0.5) is 5.69 Å². The van der Waals surface area contributed by atoms with Crippen LogP contribution in [-0.4, -0.2) is 31.1 Å². The minimum Gasteiger partial charge on any atom is -0.508 e. The molecule has 0 aliphatic carbocycles. The van der Waals surface area contributed by atoms with Crippen molar-refractivity contribution in [2.24, 2.45) is 0 Å². The molecule has 0 aromatic heterocycles. The van der Waals surface area contributed by atoms with Gasteiger partial charge in [-0.3, -0.25) is 4.31 Å². The number of carboxylic acids is 1. The van der Waals surface area contributed by atoms with Gasteiger partial charge in [-0.15, -0.1) is 0 Å². The predicted octanol–water partition coefficient (Wildman–Crippen LogP) is 2.92. The maximum atomic E-state index is 13.0. The predicted molar refractivity (Wildman–Crippen MR) is 91.2 cm³/mol. The zero-order valence-electron chi connectivity index (χ0n) is 13.6. The fourth-order valence-corrected chi connectivity index (χ4v) is 4.37. The van der Waals surface area contributed by atoms with Gasteiger partial charge in [-0.1, -0.05) is 6.07 Å². The quantitative estimate of drug-likeness (QED) is 0.865. The summed E-state index contributed by atoms with van der Waals surface area (Å²) in [4.78, 5) is 11.4. The summed E-state index contributed by atoms with van der Waals surface area (Å²) in [6, 6.07) is 8.72. The summed E-state index contributed by atoms with van der Waals surface area (Å²) in [5, 5.41) is 18.7. The molecular formula is C17H19NO5S. The first-order chi connectivity index (χ1) is 11.2. The van der Waals surface area contributed by atoms with Crippen molar-refractivity contribution in [2.45, 2.75) is 25.7 Å². The molecule has 0 aliphatic rings. The van der Waals surface area contributed by atoms with Gasteiger partial charge in [0, 0.05) is 6.54 Å². The number of aromatic hydroxyl groups is 1. The summed E-state index contributed by atoms with van der Waals surface area (Å²) < 4.78 is 27.2. The van der Waals surface area contributed by atoms with Gasteiger partial charge >= 0.3 is 5.97 Å². The van der Waals surface area contributed by atoms with E-state index in [0.717, 1.165) is 0 Å². The number of nitrogens with zero attached hydrogens (tertiary/aromatic N) is 1. The van der Waals surface area contributed by atoms with E-state index in [1.807, 2.05) is 0 Å². The molecular weight excluding hydrogens is 330 g/mol. The Morgan fingerprint density at radius 1 is 1.08 bits per heavy atom. The molecule has 7 heteroatoms. The Labute approximate surface area is 141 Å². The van der Waals surface area contributed by atoms with E-state index in [-0.39, 0.29) is 28.3 Å². The monoisotopic (exact) mass is 349 g/mol. The number of phenolic OH excluding ortho intramolecular Hbond substituents is 1. The number of rotatable bonds is 5. The second-order valence-corrected chi connectivity index (χ2v) is 7.20. The van der Waals surface area contributed by atoms with Crippen molar-refractivity contribution in [1.82, 2.24) is 0 Å². The lowest BCUT2D eigenvalue weighted by Gasteiger charge is -2.24. The van der Waals surface area contributed by atoms with Gasteiger partial charge in [-0.05, 0) is 62.2 Å². The van der Waals surface area contributed by atoms with E-state index in [0.29, 0.717) is 11.3 Å². The minimum absolute atomic E-state index is 0.00201. The maximum absolute atomic E-state index is 13.0. The van der Waals surface area contributed by atoms with Crippen LogP contribution in [0, 0.1) is 13.8 Å². The van der Waals surface area contributed by atoms with Crippen LogP contribution < -0.4 is 4.31 Å². The Kier molecular flexibility index (Phi) is 4.84. The van der Waals surface area contributed by atoms with E-state index in [2.05, 4.69) is 0 Å². The molecule has 0 unspecified atom stereocenters. The molecule has 0 fully saturated rings. The number of carbonyl (C=O) groups is 1. The van der Waals surface area contributed by atoms with Crippen LogP contribution in [0.25, 0.3) is 0 Å². The average molecular weight is 349 g/mol. The van der Waals surface area contributed by atoms with Crippen LogP contribution in [0.2, 0.25) is 0 Å². The summed E-state index contributed by atoms with van der Waals surface area (Å²) in [5.41, 5.74) is 1.11. The second-order valence-electron chi connectivity index (χ2n) is 5.37. The zero-order valence-corrected chi connectivity index (χ0v) is 14.5. The van der Waals surface area contributed by atoms with Crippen LogP contribution in [-0.2, 0) is 10.0 Å². The van der Waals surface area contributed by atoms with Gasteiger partial charge in [0.25, 0.3) is 10.0 Å². The number of hydrogen-bond donors (Lipinski definition) is 2. The van der Waals surface area contributed by atoms with Gasteiger partial charge in [-0.2, -0.15) is 0 Å². The van der Waals surface area contributed by atoms with Crippen LogP contribution in [0.15, 0.2) is 41.3 Å². The summed E-state index contributed by atoms with van der Waals surface area (Å²) in [7, 11) is -3.93. The lowest BCUT2D eigenvalue weighted by atomic mass is 10.0. The van der Waals surface area contributed by atoms with Gasteiger partial charge in [0.05, 0.1) is 16.1 Å². The fraction of sp³-hybridized carbons (Fsp3) is 0.235. The molecule has 0 bridgehead atoms. The summed E-state index contributed by atoms with van der Waals surface area (Å²) in [6.07, 6.45) is 0. The molecule has 24 heavy (non-hydrogen) atoms. The Balaban J connectivity index is 2.63. The zero-order chi connectivity index (χ0) is 18.1. The van der Waals surface area contributed by atoms with Crippen molar-refractivity contribution in [3.63, 3.8) is 0 Å². The van der Waals surface area contributed by atoms with E-state index >= 15 is 0 Å². The molecule has 0 spiro atoms. The standard InChI is InChI=1S/C17H19NO5S/c1-4-18(13-6-8-14(19)9-7-13)24(22,23)15-10-5-11(2)16(12(15)3)17(20)21/h5-10,19H,4H2,1-3H3,(H,20,21). The normalized spacial score (nSPS) is 11.3. The molecule has 6 nitrogen and oxygen atoms in total. The van der Waals surface area contributed by atoms with Crippen LogP contribution >= 0.6 is 0 Å². The van der Waals surface area contributed by atoms with E-state index in [1.54, 1.807) is 13.8 Å². The van der Waals surface area contributed by atoms with E-state index < -0.39 is 16.0 Å². The Bertz CT molecular complexity index is 873. The van der Waals surface area contributed by atoms with Gasteiger partial charge in [0.2, 0.25) is 0 Å². The van der Waals surface area contributed by atoms with Gasteiger partial charge in [0.1, 0.15) is 5.75 Å². The first kappa shape index (κ1) is 17.8. The first-order valence-electron chi connectivity index (χ1n) is 7.35. The minimum atomic E-state index is -3.93. The summed E-state index contributed by atoms with van der Waals surface area (Å²) in [5.74, 6) is -1.12. The SMILES string of the molecule is CCN(c1ccc(O)cc1)S(=O)(=O)c1ccc(C)c(C(=O)O)c1C. The van der Waals surface area contributed by atoms with E-state index in [9.17, 15) is 23.4 Å². The molecule has 2 aromatic carbocycles.